The Bertz CT molecular complexity index is 826. The maximum absolute atomic E-state index is 12.4. The van der Waals surface area contributed by atoms with Gasteiger partial charge in [-0.05, 0) is 39.1 Å². The normalized spacial score (nSPS) is 15.6. The molecule has 7 heteroatoms. The van der Waals surface area contributed by atoms with E-state index in [0.29, 0.717) is 12.2 Å². The number of nitrogens with one attached hydrogen (secondary N) is 1. The first-order valence-corrected chi connectivity index (χ1v) is 9.40. The number of nitrogens with zero attached hydrogens (tertiary/aromatic N) is 4. The van der Waals surface area contributed by atoms with Crippen LogP contribution in [0.4, 0.5) is 0 Å². The molecule has 0 saturated carbocycles. The smallest absolute Gasteiger partial charge is 0.275 e. The van der Waals surface area contributed by atoms with E-state index in [2.05, 4.69) is 27.3 Å². The highest BCUT2D eigenvalue weighted by Crippen LogP contribution is 2.07. The van der Waals surface area contributed by atoms with E-state index in [9.17, 15) is 9.59 Å². The second-order valence-corrected chi connectivity index (χ2v) is 7.00. The van der Waals surface area contributed by atoms with Crippen LogP contribution in [0.1, 0.15) is 22.6 Å². The Morgan fingerprint density at radius 2 is 1.85 bits per heavy atom. The number of hydrogen-bond acceptors (Lipinski definition) is 5. The van der Waals surface area contributed by atoms with E-state index in [4.69, 9.17) is 0 Å². The van der Waals surface area contributed by atoms with Crippen LogP contribution in [-0.4, -0.2) is 71.8 Å². The largest absolute Gasteiger partial charge is 0.350 e. The minimum atomic E-state index is -0.414. The Morgan fingerprint density at radius 3 is 2.56 bits per heavy atom. The standard InChI is InChI=1S/C20H27N5O2/c1-16-15-18(26)19(22-25(16)17-7-4-3-5-8-17)20(27)21-9-6-10-24-13-11-23(2)12-14-24/h3-5,7-8,15H,6,9-14H2,1-2H3,(H,21,27). The molecule has 0 unspecified atom stereocenters. The number of para-hydroxylation sites is 1. The van der Waals surface area contributed by atoms with Crippen molar-refractivity contribution >= 4 is 5.91 Å². The van der Waals surface area contributed by atoms with Crippen molar-refractivity contribution in [3.63, 3.8) is 0 Å². The van der Waals surface area contributed by atoms with E-state index < -0.39 is 5.91 Å². The highest BCUT2D eigenvalue weighted by atomic mass is 16.2. The van der Waals surface area contributed by atoms with E-state index in [1.165, 1.54) is 6.07 Å². The third kappa shape index (κ3) is 5.02. The van der Waals surface area contributed by atoms with Crippen molar-refractivity contribution in [2.45, 2.75) is 13.3 Å². The maximum Gasteiger partial charge on any atom is 0.275 e. The Balaban J connectivity index is 1.59. The van der Waals surface area contributed by atoms with Crippen molar-refractivity contribution in [3.05, 3.63) is 58.0 Å². The summed E-state index contributed by atoms with van der Waals surface area (Å²) in [5.41, 5.74) is 1.09. The fourth-order valence-electron chi connectivity index (χ4n) is 3.20. The summed E-state index contributed by atoms with van der Waals surface area (Å²) in [5, 5.41) is 7.13. The number of aryl methyl sites for hydroxylation is 1. The molecule has 0 aliphatic carbocycles. The van der Waals surface area contributed by atoms with Gasteiger partial charge in [0.1, 0.15) is 0 Å². The minimum Gasteiger partial charge on any atom is -0.350 e. The highest BCUT2D eigenvalue weighted by molar-refractivity contribution is 5.92. The van der Waals surface area contributed by atoms with Crippen LogP contribution in [-0.2, 0) is 0 Å². The van der Waals surface area contributed by atoms with Gasteiger partial charge in [-0.1, -0.05) is 18.2 Å². The van der Waals surface area contributed by atoms with Crippen molar-refractivity contribution in [2.75, 3.05) is 46.3 Å². The van der Waals surface area contributed by atoms with E-state index in [-0.39, 0.29) is 11.1 Å². The molecule has 0 spiro atoms. The molecule has 27 heavy (non-hydrogen) atoms. The molecule has 1 fully saturated rings. The van der Waals surface area contributed by atoms with Crippen LogP contribution in [0, 0.1) is 6.92 Å². The summed E-state index contributed by atoms with van der Waals surface area (Å²) >= 11 is 0. The Labute approximate surface area is 159 Å². The van der Waals surface area contributed by atoms with Gasteiger partial charge in [-0.15, -0.1) is 0 Å². The summed E-state index contributed by atoms with van der Waals surface area (Å²) < 4.78 is 1.63. The predicted octanol–water partition coefficient (Wildman–Crippen LogP) is 0.908. The lowest BCUT2D eigenvalue weighted by Gasteiger charge is -2.32. The topological polar surface area (TPSA) is 70.5 Å². The molecular formula is C20H27N5O2. The van der Waals surface area contributed by atoms with Crippen molar-refractivity contribution in [3.8, 4) is 5.69 Å². The molecule has 1 aromatic carbocycles. The van der Waals surface area contributed by atoms with Gasteiger partial charge in [0.2, 0.25) is 5.43 Å². The van der Waals surface area contributed by atoms with Crippen molar-refractivity contribution in [1.82, 2.24) is 24.9 Å². The first-order valence-electron chi connectivity index (χ1n) is 9.40. The van der Waals surface area contributed by atoms with Gasteiger partial charge < -0.3 is 15.1 Å². The van der Waals surface area contributed by atoms with Gasteiger partial charge >= 0.3 is 0 Å². The molecular weight excluding hydrogens is 342 g/mol. The van der Waals surface area contributed by atoms with Crippen LogP contribution in [0.5, 0.6) is 0 Å². The number of carbonyl (C=O) groups is 1. The van der Waals surface area contributed by atoms with E-state index in [0.717, 1.165) is 44.8 Å². The number of likely N-dealkylation sites (N-methyl/N-ethyl adjacent to an activating group) is 1. The molecule has 1 aromatic heterocycles. The van der Waals surface area contributed by atoms with Gasteiger partial charge in [0, 0.05) is 44.5 Å². The molecule has 0 atom stereocenters. The Morgan fingerprint density at radius 1 is 1.15 bits per heavy atom. The number of benzene rings is 1. The summed E-state index contributed by atoms with van der Waals surface area (Å²) in [5.74, 6) is -0.414. The molecule has 7 nitrogen and oxygen atoms in total. The number of carbonyl (C=O) groups excluding carboxylic acids is 1. The van der Waals surface area contributed by atoms with Gasteiger partial charge in [-0.3, -0.25) is 9.59 Å². The zero-order valence-corrected chi connectivity index (χ0v) is 16.0. The minimum absolute atomic E-state index is 0.0657. The van der Waals surface area contributed by atoms with Gasteiger partial charge in [-0.2, -0.15) is 5.10 Å². The second kappa shape index (κ2) is 8.92. The lowest BCUT2D eigenvalue weighted by atomic mass is 10.2. The lowest BCUT2D eigenvalue weighted by molar-refractivity contribution is 0.0941. The number of rotatable bonds is 6. The van der Waals surface area contributed by atoms with Crippen LogP contribution < -0.4 is 10.7 Å². The first-order chi connectivity index (χ1) is 13.0. The van der Waals surface area contributed by atoms with Crippen LogP contribution in [0.2, 0.25) is 0 Å². The first kappa shape index (κ1) is 19.3. The zero-order chi connectivity index (χ0) is 19.2. The summed E-state index contributed by atoms with van der Waals surface area (Å²) in [7, 11) is 2.13. The Hall–Kier alpha value is -2.51. The fourth-order valence-corrected chi connectivity index (χ4v) is 3.20. The van der Waals surface area contributed by atoms with Crippen molar-refractivity contribution < 1.29 is 4.79 Å². The third-order valence-electron chi connectivity index (χ3n) is 4.86. The fraction of sp³-hybridized carbons (Fsp3) is 0.450. The SMILES string of the molecule is Cc1cc(=O)c(C(=O)NCCCN2CCN(C)CC2)nn1-c1ccccc1. The van der Waals surface area contributed by atoms with Crippen molar-refractivity contribution in [1.29, 1.82) is 0 Å². The summed E-state index contributed by atoms with van der Waals surface area (Å²) in [6.45, 7) is 7.57. The van der Waals surface area contributed by atoms with Crippen LogP contribution in [0.3, 0.4) is 0 Å². The highest BCUT2D eigenvalue weighted by Gasteiger charge is 2.16. The zero-order valence-electron chi connectivity index (χ0n) is 16.0. The molecule has 1 N–H and O–H groups in total. The van der Waals surface area contributed by atoms with E-state index >= 15 is 0 Å². The summed E-state index contributed by atoms with van der Waals surface area (Å²) in [4.78, 5) is 29.4. The van der Waals surface area contributed by atoms with E-state index in [1.807, 2.05) is 30.3 Å². The van der Waals surface area contributed by atoms with Crippen LogP contribution in [0.15, 0.2) is 41.2 Å². The van der Waals surface area contributed by atoms with Crippen LogP contribution >= 0.6 is 0 Å². The van der Waals surface area contributed by atoms with Gasteiger partial charge in [-0.25, -0.2) is 4.68 Å². The second-order valence-electron chi connectivity index (χ2n) is 7.00. The van der Waals surface area contributed by atoms with Crippen LogP contribution in [0.25, 0.3) is 5.69 Å². The molecule has 1 aliphatic heterocycles. The number of aromatic nitrogens is 2. The average molecular weight is 369 g/mol. The molecule has 1 amide bonds. The van der Waals surface area contributed by atoms with Gasteiger partial charge in [0.25, 0.3) is 5.91 Å². The Kier molecular flexibility index (Phi) is 6.36. The number of amides is 1. The lowest BCUT2D eigenvalue weighted by Crippen LogP contribution is -2.45. The quantitative estimate of drug-likeness (QED) is 0.767. The molecule has 144 valence electrons. The number of piperazine rings is 1. The molecule has 2 aromatic rings. The molecule has 1 aliphatic rings. The van der Waals surface area contributed by atoms with Gasteiger partial charge in [0.05, 0.1) is 5.69 Å². The predicted molar refractivity (Wildman–Crippen MR) is 105 cm³/mol. The summed E-state index contributed by atoms with van der Waals surface area (Å²) in [6, 6.07) is 10.9. The third-order valence-corrected chi connectivity index (χ3v) is 4.86. The van der Waals surface area contributed by atoms with Gasteiger partial charge in [0.15, 0.2) is 5.69 Å². The van der Waals surface area contributed by atoms with E-state index in [1.54, 1.807) is 11.6 Å². The maximum atomic E-state index is 12.4. The molecule has 0 bridgehead atoms. The molecule has 0 radical (unpaired) electrons. The molecule has 2 heterocycles. The molecule has 3 rings (SSSR count). The molecule has 1 saturated heterocycles. The van der Waals surface area contributed by atoms with Crippen molar-refractivity contribution in [2.24, 2.45) is 0 Å². The summed E-state index contributed by atoms with van der Waals surface area (Å²) in [6.07, 6.45) is 0.855. The average Bonchev–Trinajstić information content (AvgIpc) is 2.67. The monoisotopic (exact) mass is 369 g/mol. The number of hydrogen-bond donors (Lipinski definition) is 1.